The van der Waals surface area contributed by atoms with E-state index in [2.05, 4.69) is 5.32 Å². The molecule has 0 saturated carbocycles. The molecular weight excluding hydrogens is 362 g/mol. The summed E-state index contributed by atoms with van der Waals surface area (Å²) in [5, 5.41) is 13.4. The highest BCUT2D eigenvalue weighted by atomic mass is 32.2. The fraction of sp³-hybridized carbons (Fsp3) is 0.188. The van der Waals surface area contributed by atoms with E-state index in [9.17, 15) is 23.3 Å². The third-order valence-corrected chi connectivity index (χ3v) is 5.36. The van der Waals surface area contributed by atoms with Crippen LogP contribution in [0, 0.1) is 10.1 Å². The molecule has 0 heterocycles. The van der Waals surface area contributed by atoms with Crippen molar-refractivity contribution in [2.24, 2.45) is 0 Å². The highest BCUT2D eigenvalue weighted by Gasteiger charge is 2.19. The van der Waals surface area contributed by atoms with Crippen LogP contribution in [0.1, 0.15) is 10.4 Å². The quantitative estimate of drug-likeness (QED) is 0.606. The minimum Gasteiger partial charge on any atom is -0.496 e. The van der Waals surface area contributed by atoms with Crippen LogP contribution >= 0.6 is 0 Å². The fourth-order valence-electron chi connectivity index (χ4n) is 2.11. The Bertz CT molecular complexity index is 939. The Morgan fingerprint density at radius 3 is 2.27 bits per heavy atom. The molecule has 26 heavy (non-hydrogen) atoms. The Hall–Kier alpha value is -2.98. The molecule has 10 heteroatoms. The summed E-state index contributed by atoms with van der Waals surface area (Å²) < 4.78 is 30.2. The van der Waals surface area contributed by atoms with Crippen LogP contribution in [0.25, 0.3) is 0 Å². The number of ether oxygens (including phenoxy) is 1. The number of sulfonamides is 1. The molecule has 0 bridgehead atoms. The van der Waals surface area contributed by atoms with E-state index in [0.29, 0.717) is 5.69 Å². The number of nitrogens with one attached hydrogen (secondary N) is 1. The van der Waals surface area contributed by atoms with Gasteiger partial charge in [0.25, 0.3) is 11.6 Å². The maximum absolute atomic E-state index is 12.4. The Morgan fingerprint density at radius 1 is 1.15 bits per heavy atom. The summed E-state index contributed by atoms with van der Waals surface area (Å²) >= 11 is 0. The maximum atomic E-state index is 12.4. The minimum absolute atomic E-state index is 0.00769. The summed E-state index contributed by atoms with van der Waals surface area (Å²) in [5.41, 5.74) is 0.0799. The van der Waals surface area contributed by atoms with Crippen LogP contribution in [0.4, 0.5) is 11.4 Å². The third-order valence-electron chi connectivity index (χ3n) is 3.53. The maximum Gasteiger partial charge on any atom is 0.270 e. The zero-order chi connectivity index (χ0) is 19.5. The van der Waals surface area contributed by atoms with Crippen LogP contribution < -0.4 is 10.1 Å². The fourth-order valence-corrected chi connectivity index (χ4v) is 3.01. The van der Waals surface area contributed by atoms with Gasteiger partial charge in [0.15, 0.2) is 0 Å². The number of nitro groups is 1. The van der Waals surface area contributed by atoms with Crippen LogP contribution in [0.2, 0.25) is 0 Å². The Morgan fingerprint density at radius 2 is 1.77 bits per heavy atom. The van der Waals surface area contributed by atoms with Crippen molar-refractivity contribution in [3.05, 3.63) is 58.1 Å². The second kappa shape index (κ2) is 7.50. The molecule has 138 valence electrons. The first-order chi connectivity index (χ1) is 12.2. The number of hydrogen-bond donors (Lipinski definition) is 1. The Balaban J connectivity index is 2.28. The van der Waals surface area contributed by atoms with E-state index in [0.717, 1.165) is 10.4 Å². The number of benzene rings is 2. The molecule has 2 aromatic carbocycles. The predicted octanol–water partition coefficient (Wildman–Crippen LogP) is 2.11. The largest absolute Gasteiger partial charge is 0.496 e. The molecule has 0 aliphatic heterocycles. The van der Waals surface area contributed by atoms with Gasteiger partial charge in [0.2, 0.25) is 10.0 Å². The van der Waals surface area contributed by atoms with Crippen molar-refractivity contribution in [3.8, 4) is 5.75 Å². The second-order valence-electron chi connectivity index (χ2n) is 5.41. The van der Waals surface area contributed by atoms with Gasteiger partial charge in [-0.25, -0.2) is 12.7 Å². The highest BCUT2D eigenvalue weighted by Crippen LogP contribution is 2.25. The number of hydrogen-bond acceptors (Lipinski definition) is 6. The lowest BCUT2D eigenvalue weighted by Crippen LogP contribution is -2.22. The summed E-state index contributed by atoms with van der Waals surface area (Å²) in [6.45, 7) is 0. The molecule has 0 fully saturated rings. The van der Waals surface area contributed by atoms with Crippen LogP contribution in [0.3, 0.4) is 0 Å². The SMILES string of the molecule is COc1ccc([N+](=O)[O-])cc1C(=O)Nc1ccc(S(=O)(=O)N(C)C)cc1. The molecule has 1 amide bonds. The number of nitro benzene ring substituents is 1. The van der Waals surface area contributed by atoms with E-state index in [1.54, 1.807) is 0 Å². The Labute approximate surface area is 150 Å². The minimum atomic E-state index is -3.57. The van der Waals surface area contributed by atoms with E-state index < -0.39 is 20.9 Å². The van der Waals surface area contributed by atoms with Crippen LogP contribution in [0.15, 0.2) is 47.4 Å². The molecule has 9 nitrogen and oxygen atoms in total. The lowest BCUT2D eigenvalue weighted by atomic mass is 10.1. The molecule has 0 atom stereocenters. The van der Waals surface area contributed by atoms with Crippen LogP contribution in [0.5, 0.6) is 5.75 Å². The number of non-ortho nitro benzene ring substituents is 1. The lowest BCUT2D eigenvalue weighted by Gasteiger charge is -2.12. The number of anilines is 1. The molecule has 0 spiro atoms. The van der Waals surface area contributed by atoms with Crippen molar-refractivity contribution in [1.29, 1.82) is 0 Å². The molecule has 2 aromatic rings. The van der Waals surface area contributed by atoms with E-state index in [1.165, 1.54) is 57.6 Å². The van der Waals surface area contributed by atoms with Gasteiger partial charge in [-0.3, -0.25) is 14.9 Å². The van der Waals surface area contributed by atoms with E-state index in [1.807, 2.05) is 0 Å². The van der Waals surface area contributed by atoms with E-state index >= 15 is 0 Å². The molecule has 0 unspecified atom stereocenters. The standard InChI is InChI=1S/C16H17N3O6S/c1-18(2)26(23,24)13-7-4-11(5-8-13)17-16(20)14-10-12(19(21)22)6-9-15(14)25-3/h4-10H,1-3H3,(H,17,20). The lowest BCUT2D eigenvalue weighted by molar-refractivity contribution is -0.384. The third kappa shape index (κ3) is 3.98. The second-order valence-corrected chi connectivity index (χ2v) is 7.56. The highest BCUT2D eigenvalue weighted by molar-refractivity contribution is 7.89. The molecule has 1 N–H and O–H groups in total. The van der Waals surface area contributed by atoms with Gasteiger partial charge in [-0.05, 0) is 30.3 Å². The van der Waals surface area contributed by atoms with Crippen LogP contribution in [-0.4, -0.2) is 44.8 Å². The van der Waals surface area contributed by atoms with E-state index in [4.69, 9.17) is 4.74 Å². The van der Waals surface area contributed by atoms with Crippen molar-refractivity contribution in [2.75, 3.05) is 26.5 Å². The first kappa shape index (κ1) is 19.3. The summed E-state index contributed by atoms with van der Waals surface area (Å²) in [6, 6.07) is 9.25. The summed E-state index contributed by atoms with van der Waals surface area (Å²) in [7, 11) is 0.604. The van der Waals surface area contributed by atoms with Crippen molar-refractivity contribution in [2.45, 2.75) is 4.90 Å². The van der Waals surface area contributed by atoms with Gasteiger partial charge in [-0.2, -0.15) is 0 Å². The average molecular weight is 379 g/mol. The van der Waals surface area contributed by atoms with Gasteiger partial charge < -0.3 is 10.1 Å². The molecule has 0 radical (unpaired) electrons. The van der Waals surface area contributed by atoms with Gasteiger partial charge in [0.1, 0.15) is 5.75 Å². The van der Waals surface area contributed by atoms with Gasteiger partial charge in [-0.1, -0.05) is 0 Å². The summed E-state index contributed by atoms with van der Waals surface area (Å²) in [6.07, 6.45) is 0. The zero-order valence-corrected chi connectivity index (χ0v) is 15.1. The van der Waals surface area contributed by atoms with Crippen molar-refractivity contribution in [1.82, 2.24) is 4.31 Å². The first-order valence-electron chi connectivity index (χ1n) is 7.33. The average Bonchev–Trinajstić information content (AvgIpc) is 2.61. The van der Waals surface area contributed by atoms with Crippen LogP contribution in [-0.2, 0) is 10.0 Å². The van der Waals surface area contributed by atoms with Crippen molar-refractivity contribution >= 4 is 27.3 Å². The first-order valence-corrected chi connectivity index (χ1v) is 8.77. The van der Waals surface area contributed by atoms with Gasteiger partial charge >= 0.3 is 0 Å². The number of carbonyl (C=O) groups is 1. The molecular formula is C16H17N3O6S. The number of amides is 1. The summed E-state index contributed by atoms with van der Waals surface area (Å²) in [5.74, 6) is -0.436. The molecule has 0 aliphatic rings. The number of nitrogens with zero attached hydrogens (tertiary/aromatic N) is 2. The van der Waals surface area contributed by atoms with Gasteiger partial charge in [-0.15, -0.1) is 0 Å². The monoisotopic (exact) mass is 379 g/mol. The molecule has 0 saturated heterocycles. The zero-order valence-electron chi connectivity index (χ0n) is 14.3. The topological polar surface area (TPSA) is 119 Å². The van der Waals surface area contributed by atoms with Gasteiger partial charge in [0, 0.05) is 31.9 Å². The normalized spacial score (nSPS) is 11.2. The number of methoxy groups -OCH3 is 1. The molecule has 0 aromatic heterocycles. The predicted molar refractivity (Wildman–Crippen MR) is 94.9 cm³/mol. The number of carbonyl (C=O) groups excluding carboxylic acids is 1. The summed E-state index contributed by atoms with van der Waals surface area (Å²) in [4.78, 5) is 22.8. The van der Waals surface area contributed by atoms with Gasteiger partial charge in [0.05, 0.1) is 22.5 Å². The molecule has 0 aliphatic carbocycles. The van der Waals surface area contributed by atoms with E-state index in [-0.39, 0.29) is 21.9 Å². The number of rotatable bonds is 6. The van der Waals surface area contributed by atoms with Crippen molar-refractivity contribution in [3.63, 3.8) is 0 Å². The Kier molecular flexibility index (Phi) is 5.58. The smallest absolute Gasteiger partial charge is 0.270 e. The van der Waals surface area contributed by atoms with Crippen molar-refractivity contribution < 1.29 is 22.9 Å². The molecule has 2 rings (SSSR count).